The van der Waals surface area contributed by atoms with Crippen LogP contribution in [0.1, 0.15) is 31.1 Å². The third-order valence-corrected chi connectivity index (χ3v) is 6.55. The molecule has 0 N–H and O–H groups in total. The van der Waals surface area contributed by atoms with Crippen LogP contribution in [-0.4, -0.2) is 35.8 Å². The normalized spacial score (nSPS) is 18.9. The van der Waals surface area contributed by atoms with Crippen molar-refractivity contribution < 1.29 is 47.7 Å². The average Bonchev–Trinajstić information content (AvgIpc) is 3.41. The lowest BCUT2D eigenvalue weighted by Crippen LogP contribution is -2.20. The average molecular weight is 536 g/mol. The molecular formula is C30H16O10. The van der Waals surface area contributed by atoms with Gasteiger partial charge in [0.15, 0.2) is 0 Å². The number of ether oxygens (including phenoxy) is 4. The molecule has 2 aliphatic heterocycles. The van der Waals surface area contributed by atoms with E-state index in [1.54, 1.807) is 48.5 Å². The fourth-order valence-electron chi connectivity index (χ4n) is 4.47. The number of esters is 6. The van der Waals surface area contributed by atoms with Gasteiger partial charge in [-0.25, -0.2) is 19.2 Å². The van der Waals surface area contributed by atoms with E-state index in [1.807, 2.05) is 0 Å². The minimum atomic E-state index is -0.831. The minimum Gasteiger partial charge on any atom is -0.423 e. The largest absolute Gasteiger partial charge is 0.423 e. The van der Waals surface area contributed by atoms with E-state index in [2.05, 4.69) is 9.47 Å². The summed E-state index contributed by atoms with van der Waals surface area (Å²) in [6, 6.07) is 17.3. The van der Waals surface area contributed by atoms with Crippen LogP contribution in [0.3, 0.4) is 0 Å². The summed E-state index contributed by atoms with van der Waals surface area (Å²) in [5, 5.41) is 0. The van der Waals surface area contributed by atoms with Crippen molar-refractivity contribution in [2.24, 2.45) is 11.8 Å². The first-order chi connectivity index (χ1) is 19.3. The molecule has 10 nitrogen and oxygen atoms in total. The van der Waals surface area contributed by atoms with Gasteiger partial charge in [-0.05, 0) is 53.6 Å². The standard InChI is InChI=1S/C30H16O10/c31-25(17-5-11-21-23(13-17)29(35)39-27(21)33)37-19-7-1-15(2-8-19)16-3-9-20(10-4-16)38-26(32)18-6-12-22-24(14-18)30(36)40-28(22)34/h1-14,21,23H. The van der Waals surface area contributed by atoms with Crippen molar-refractivity contribution in [3.8, 4) is 22.6 Å². The van der Waals surface area contributed by atoms with Gasteiger partial charge in [0, 0.05) is 0 Å². The fraction of sp³-hybridized carbons (Fsp3) is 0.0667. The summed E-state index contributed by atoms with van der Waals surface area (Å²) in [6.45, 7) is 0. The molecule has 0 radical (unpaired) electrons. The molecule has 196 valence electrons. The van der Waals surface area contributed by atoms with Crippen molar-refractivity contribution in [2.45, 2.75) is 0 Å². The Hall–Kier alpha value is -5.64. The van der Waals surface area contributed by atoms with Gasteiger partial charge in [-0.1, -0.05) is 42.5 Å². The summed E-state index contributed by atoms with van der Waals surface area (Å²) in [5.41, 5.74) is 1.95. The molecule has 3 aliphatic rings. The summed E-state index contributed by atoms with van der Waals surface area (Å²) in [7, 11) is 0. The molecule has 1 saturated heterocycles. The minimum absolute atomic E-state index is 0.0134. The number of rotatable bonds is 5. The van der Waals surface area contributed by atoms with Crippen LogP contribution < -0.4 is 9.47 Å². The fourth-order valence-corrected chi connectivity index (χ4v) is 4.47. The summed E-state index contributed by atoms with van der Waals surface area (Å²) >= 11 is 0. The molecule has 0 saturated carbocycles. The van der Waals surface area contributed by atoms with Crippen LogP contribution in [0.25, 0.3) is 11.1 Å². The number of carbonyl (C=O) groups is 6. The number of fused-ring (bicyclic) bond motifs is 2. The van der Waals surface area contributed by atoms with Crippen molar-refractivity contribution in [3.05, 3.63) is 107 Å². The Bertz CT molecular complexity index is 1690. The lowest BCUT2D eigenvalue weighted by atomic mass is 9.88. The highest BCUT2D eigenvalue weighted by Gasteiger charge is 2.43. The first kappa shape index (κ1) is 24.7. The molecule has 6 rings (SSSR count). The Labute approximate surface area is 225 Å². The van der Waals surface area contributed by atoms with E-state index in [0.717, 1.165) is 11.1 Å². The Balaban J connectivity index is 1.09. The van der Waals surface area contributed by atoms with E-state index in [1.165, 1.54) is 36.4 Å². The lowest BCUT2D eigenvalue weighted by Gasteiger charge is -2.13. The summed E-state index contributed by atoms with van der Waals surface area (Å²) < 4.78 is 19.9. The molecule has 1 aliphatic carbocycles. The van der Waals surface area contributed by atoms with E-state index in [9.17, 15) is 28.8 Å². The van der Waals surface area contributed by atoms with Crippen LogP contribution in [-0.2, 0) is 23.9 Å². The molecule has 0 spiro atoms. The predicted octanol–water partition coefficient (Wildman–Crippen LogP) is 3.60. The molecule has 10 heteroatoms. The Kier molecular flexibility index (Phi) is 5.92. The van der Waals surface area contributed by atoms with Crippen LogP contribution >= 0.6 is 0 Å². The van der Waals surface area contributed by atoms with E-state index in [-0.39, 0.29) is 33.8 Å². The van der Waals surface area contributed by atoms with Gasteiger partial charge in [-0.3, -0.25) is 9.59 Å². The van der Waals surface area contributed by atoms with E-state index >= 15 is 0 Å². The van der Waals surface area contributed by atoms with E-state index in [0.29, 0.717) is 0 Å². The third-order valence-electron chi connectivity index (χ3n) is 6.55. The Morgan fingerprint density at radius 1 is 0.625 bits per heavy atom. The predicted molar refractivity (Wildman–Crippen MR) is 134 cm³/mol. The molecule has 2 unspecified atom stereocenters. The highest BCUT2D eigenvalue weighted by Crippen LogP contribution is 2.32. The first-order valence-corrected chi connectivity index (χ1v) is 12.0. The molecule has 0 aromatic heterocycles. The Morgan fingerprint density at radius 2 is 1.20 bits per heavy atom. The van der Waals surface area contributed by atoms with Crippen LogP contribution in [0.15, 0.2) is 90.5 Å². The zero-order valence-corrected chi connectivity index (χ0v) is 20.3. The zero-order chi connectivity index (χ0) is 28.0. The van der Waals surface area contributed by atoms with Gasteiger partial charge in [0.25, 0.3) is 0 Å². The molecule has 40 heavy (non-hydrogen) atoms. The van der Waals surface area contributed by atoms with Crippen LogP contribution in [0.5, 0.6) is 11.5 Å². The number of carbonyl (C=O) groups excluding carboxylic acids is 6. The first-order valence-electron chi connectivity index (χ1n) is 12.0. The van der Waals surface area contributed by atoms with Crippen LogP contribution in [0.2, 0.25) is 0 Å². The molecule has 1 fully saturated rings. The highest BCUT2D eigenvalue weighted by atomic mass is 16.6. The topological polar surface area (TPSA) is 139 Å². The second-order valence-corrected chi connectivity index (χ2v) is 9.04. The second-order valence-electron chi connectivity index (χ2n) is 9.04. The van der Waals surface area contributed by atoms with Crippen molar-refractivity contribution in [1.82, 2.24) is 0 Å². The van der Waals surface area contributed by atoms with Gasteiger partial charge in [-0.15, -0.1) is 0 Å². The maximum absolute atomic E-state index is 12.6. The number of hydrogen-bond acceptors (Lipinski definition) is 10. The van der Waals surface area contributed by atoms with Crippen molar-refractivity contribution in [1.29, 1.82) is 0 Å². The van der Waals surface area contributed by atoms with Crippen molar-refractivity contribution in [3.63, 3.8) is 0 Å². The quantitative estimate of drug-likeness (QED) is 0.270. The van der Waals surface area contributed by atoms with Gasteiger partial charge < -0.3 is 18.9 Å². The van der Waals surface area contributed by atoms with Crippen LogP contribution in [0.4, 0.5) is 0 Å². The molecule has 2 atom stereocenters. The molecule has 0 bridgehead atoms. The number of cyclic esters (lactones) is 4. The van der Waals surface area contributed by atoms with Gasteiger partial charge >= 0.3 is 35.8 Å². The SMILES string of the molecule is O=C(Oc1ccc(-c2ccc(OC(=O)c3ccc4c(c3)C(=O)OC4=O)cc2)cc1)C1=CC2C(=O)OC(=O)C2C=C1. The van der Waals surface area contributed by atoms with E-state index < -0.39 is 47.7 Å². The lowest BCUT2D eigenvalue weighted by molar-refractivity contribution is -0.153. The highest BCUT2D eigenvalue weighted by molar-refractivity contribution is 6.15. The molecule has 3 aromatic carbocycles. The van der Waals surface area contributed by atoms with Crippen LogP contribution in [0, 0.1) is 11.8 Å². The smallest absolute Gasteiger partial charge is 0.346 e. The monoisotopic (exact) mass is 536 g/mol. The maximum Gasteiger partial charge on any atom is 0.346 e. The summed E-state index contributed by atoms with van der Waals surface area (Å²) in [4.78, 5) is 71.8. The second kappa shape index (κ2) is 9.59. The summed E-state index contributed by atoms with van der Waals surface area (Å²) in [6.07, 6.45) is 4.27. The van der Waals surface area contributed by atoms with Crippen molar-refractivity contribution in [2.75, 3.05) is 0 Å². The van der Waals surface area contributed by atoms with Gasteiger partial charge in [-0.2, -0.15) is 0 Å². The molecule has 3 aromatic rings. The third kappa shape index (κ3) is 4.47. The zero-order valence-electron chi connectivity index (χ0n) is 20.3. The molecule has 2 heterocycles. The van der Waals surface area contributed by atoms with Crippen molar-refractivity contribution >= 4 is 35.8 Å². The number of benzene rings is 3. The van der Waals surface area contributed by atoms with Gasteiger partial charge in [0.05, 0.1) is 34.1 Å². The summed E-state index contributed by atoms with van der Waals surface area (Å²) in [5.74, 6) is -5.28. The molecular weight excluding hydrogens is 520 g/mol. The van der Waals surface area contributed by atoms with Gasteiger partial charge in [0.1, 0.15) is 11.5 Å². The van der Waals surface area contributed by atoms with E-state index in [4.69, 9.17) is 9.47 Å². The van der Waals surface area contributed by atoms with Gasteiger partial charge in [0.2, 0.25) is 0 Å². The molecule has 0 amide bonds. The Morgan fingerprint density at radius 3 is 1.85 bits per heavy atom. The number of hydrogen-bond donors (Lipinski definition) is 0. The maximum atomic E-state index is 12.6.